The Morgan fingerprint density at radius 2 is 1.16 bits per heavy atom. The van der Waals surface area contributed by atoms with Gasteiger partial charge in [0.2, 0.25) is 0 Å². The number of ether oxygens (including phenoxy) is 6. The molecule has 9 nitrogen and oxygen atoms in total. The summed E-state index contributed by atoms with van der Waals surface area (Å²) >= 11 is 0. The molecule has 0 aromatic rings. The smallest absolute Gasteiger partial charge is 0.465 e. The molecule has 0 heterocycles. The van der Waals surface area contributed by atoms with Crippen molar-refractivity contribution in [3.05, 3.63) is 0 Å². The molecule has 0 saturated carbocycles. The predicted octanol–water partition coefficient (Wildman–Crippen LogP) is 7.93. The highest BCUT2D eigenvalue weighted by molar-refractivity contribution is 5.69. The van der Waals surface area contributed by atoms with Crippen molar-refractivity contribution in [2.45, 2.75) is 137 Å². The maximum Gasteiger partial charge on any atom is 0.508 e. The number of carbonyl (C=O) groups excluding carboxylic acids is 2. The largest absolute Gasteiger partial charge is 0.508 e. The highest BCUT2D eigenvalue weighted by Crippen LogP contribution is 2.13. The number of hydrogen-bond donors (Lipinski definition) is 0. The molecule has 0 aromatic carbocycles. The maximum absolute atomic E-state index is 12.6. The number of unbranched alkanes of at least 4 members (excludes halogenated alkanes) is 10. The van der Waals surface area contributed by atoms with Crippen molar-refractivity contribution in [3.63, 3.8) is 0 Å². The van der Waals surface area contributed by atoms with Gasteiger partial charge in [-0.2, -0.15) is 0 Å². The summed E-state index contributed by atoms with van der Waals surface area (Å²) in [7, 11) is 1.62. The third kappa shape index (κ3) is 27.8. The lowest BCUT2D eigenvalue weighted by atomic mass is 10.1. The van der Waals surface area contributed by atoms with E-state index < -0.39 is 12.4 Å². The lowest BCUT2D eigenvalue weighted by Crippen LogP contribution is -2.26. The SMILES string of the molecule is CCCCCCCCOC(CCC(=O)OCC(CCOC)COC(=O)OCCCN(CC)CC)OCCCCCCCC. The van der Waals surface area contributed by atoms with E-state index in [0.29, 0.717) is 39.3 Å². The average Bonchev–Trinajstić information content (AvgIpc) is 3.01. The Morgan fingerprint density at radius 1 is 0.605 bits per heavy atom. The Kier molecular flexibility index (Phi) is 30.9. The fraction of sp³-hybridized carbons (Fsp3) is 0.941. The average molecular weight is 618 g/mol. The lowest BCUT2D eigenvalue weighted by Gasteiger charge is -2.20. The van der Waals surface area contributed by atoms with Gasteiger partial charge in [-0.1, -0.05) is 91.9 Å². The highest BCUT2D eigenvalue weighted by atomic mass is 16.7. The van der Waals surface area contributed by atoms with Gasteiger partial charge >= 0.3 is 12.1 Å². The minimum Gasteiger partial charge on any atom is -0.465 e. The Hall–Kier alpha value is -1.42. The van der Waals surface area contributed by atoms with Crippen LogP contribution < -0.4 is 0 Å². The maximum atomic E-state index is 12.6. The van der Waals surface area contributed by atoms with Crippen LogP contribution in [0, 0.1) is 5.92 Å². The van der Waals surface area contributed by atoms with Gasteiger partial charge in [-0.05, 0) is 38.8 Å². The van der Waals surface area contributed by atoms with Crippen LogP contribution in [0.5, 0.6) is 0 Å². The van der Waals surface area contributed by atoms with Crippen molar-refractivity contribution in [1.82, 2.24) is 4.90 Å². The summed E-state index contributed by atoms with van der Waals surface area (Å²) < 4.78 is 33.3. The zero-order valence-electron chi connectivity index (χ0n) is 28.5. The van der Waals surface area contributed by atoms with E-state index in [1.807, 2.05) is 0 Å². The van der Waals surface area contributed by atoms with Gasteiger partial charge in [0.25, 0.3) is 0 Å². The summed E-state index contributed by atoms with van der Waals surface area (Å²) in [6.07, 6.45) is 15.3. The molecule has 1 unspecified atom stereocenters. The van der Waals surface area contributed by atoms with Crippen molar-refractivity contribution in [1.29, 1.82) is 0 Å². The van der Waals surface area contributed by atoms with Crippen molar-refractivity contribution in [2.24, 2.45) is 5.92 Å². The van der Waals surface area contributed by atoms with Gasteiger partial charge in [-0.3, -0.25) is 4.79 Å². The molecule has 0 aliphatic carbocycles. The zero-order chi connectivity index (χ0) is 31.8. The van der Waals surface area contributed by atoms with Crippen LogP contribution in [0.3, 0.4) is 0 Å². The lowest BCUT2D eigenvalue weighted by molar-refractivity contribution is -0.160. The molecule has 0 saturated heterocycles. The Morgan fingerprint density at radius 3 is 1.72 bits per heavy atom. The van der Waals surface area contributed by atoms with Gasteiger partial charge in [0.05, 0.1) is 19.6 Å². The van der Waals surface area contributed by atoms with Gasteiger partial charge in [-0.15, -0.1) is 0 Å². The first-order chi connectivity index (χ1) is 21.0. The van der Waals surface area contributed by atoms with E-state index in [1.165, 1.54) is 51.4 Å². The molecule has 0 aromatic heterocycles. The van der Waals surface area contributed by atoms with Gasteiger partial charge in [0.1, 0.15) is 6.61 Å². The number of rotatable bonds is 32. The quantitative estimate of drug-likeness (QED) is 0.0424. The van der Waals surface area contributed by atoms with Crippen LogP contribution >= 0.6 is 0 Å². The van der Waals surface area contributed by atoms with Crippen LogP contribution in [0.15, 0.2) is 0 Å². The second-order valence-electron chi connectivity index (χ2n) is 11.4. The van der Waals surface area contributed by atoms with E-state index in [1.54, 1.807) is 7.11 Å². The summed E-state index contributed by atoms with van der Waals surface area (Å²) in [5, 5.41) is 0. The van der Waals surface area contributed by atoms with Crippen LogP contribution in [-0.2, 0) is 33.2 Å². The van der Waals surface area contributed by atoms with Crippen molar-refractivity contribution >= 4 is 12.1 Å². The second kappa shape index (κ2) is 32.0. The molecule has 0 bridgehead atoms. The molecule has 0 amide bonds. The van der Waals surface area contributed by atoms with Gasteiger partial charge in [0, 0.05) is 45.8 Å². The van der Waals surface area contributed by atoms with Crippen molar-refractivity contribution in [3.8, 4) is 0 Å². The molecule has 0 aliphatic heterocycles. The summed E-state index contributed by atoms with van der Waals surface area (Å²) in [4.78, 5) is 26.9. The predicted molar refractivity (Wildman–Crippen MR) is 172 cm³/mol. The molecular weight excluding hydrogens is 550 g/mol. The fourth-order valence-corrected chi connectivity index (χ4v) is 4.64. The van der Waals surface area contributed by atoms with E-state index in [-0.39, 0.29) is 31.5 Å². The number of nitrogens with zero attached hydrogens (tertiary/aromatic N) is 1. The zero-order valence-corrected chi connectivity index (χ0v) is 28.5. The molecule has 0 radical (unpaired) electrons. The molecule has 43 heavy (non-hydrogen) atoms. The van der Waals surface area contributed by atoms with Crippen LogP contribution in [0.1, 0.15) is 130 Å². The molecule has 256 valence electrons. The molecular formula is C34H67NO8. The first kappa shape index (κ1) is 41.6. The third-order valence-electron chi connectivity index (χ3n) is 7.57. The van der Waals surface area contributed by atoms with E-state index in [4.69, 9.17) is 28.4 Å². The van der Waals surface area contributed by atoms with Crippen LogP contribution in [-0.4, -0.2) is 89.7 Å². The summed E-state index contributed by atoms with van der Waals surface area (Å²) in [6.45, 7) is 13.8. The van der Waals surface area contributed by atoms with Crippen LogP contribution in [0.2, 0.25) is 0 Å². The molecule has 0 spiro atoms. The minimum absolute atomic E-state index is 0.108. The van der Waals surface area contributed by atoms with Crippen LogP contribution in [0.4, 0.5) is 4.79 Å². The number of methoxy groups -OCH3 is 1. The molecule has 0 aliphatic rings. The van der Waals surface area contributed by atoms with Crippen molar-refractivity contribution in [2.75, 3.05) is 66.4 Å². The molecule has 1 atom stereocenters. The molecule has 0 fully saturated rings. The van der Waals surface area contributed by atoms with Crippen LogP contribution in [0.25, 0.3) is 0 Å². The topological polar surface area (TPSA) is 92.8 Å². The Bertz CT molecular complexity index is 599. The molecule has 9 heteroatoms. The number of carbonyl (C=O) groups is 2. The summed E-state index contributed by atoms with van der Waals surface area (Å²) in [6, 6.07) is 0. The normalized spacial score (nSPS) is 12.2. The van der Waals surface area contributed by atoms with Crippen molar-refractivity contribution < 1.29 is 38.0 Å². The number of hydrogen-bond acceptors (Lipinski definition) is 9. The van der Waals surface area contributed by atoms with Gasteiger partial charge < -0.3 is 33.3 Å². The minimum atomic E-state index is -0.693. The van der Waals surface area contributed by atoms with Gasteiger partial charge in [0.15, 0.2) is 6.29 Å². The Balaban J connectivity index is 4.49. The van der Waals surface area contributed by atoms with E-state index in [0.717, 1.165) is 51.7 Å². The second-order valence-corrected chi connectivity index (χ2v) is 11.4. The monoisotopic (exact) mass is 617 g/mol. The molecule has 0 rings (SSSR count). The van der Waals surface area contributed by atoms with Gasteiger partial charge in [-0.25, -0.2) is 4.79 Å². The third-order valence-corrected chi connectivity index (χ3v) is 7.57. The standard InChI is InChI=1S/C34H67NO8/c1-6-10-12-14-16-18-25-39-33(40-26-19-17-15-13-11-7-2)22-21-32(36)42-29-31(23-28-38-5)30-43-34(37)41-27-20-24-35(8-3)9-4/h31,33H,6-30H2,1-5H3. The fourth-order valence-electron chi connectivity index (χ4n) is 4.64. The summed E-state index contributed by atoms with van der Waals surface area (Å²) in [5.74, 6) is -0.478. The van der Waals surface area contributed by atoms with E-state index in [9.17, 15) is 9.59 Å². The van der Waals surface area contributed by atoms with E-state index in [2.05, 4.69) is 32.6 Å². The first-order valence-corrected chi connectivity index (χ1v) is 17.4. The first-order valence-electron chi connectivity index (χ1n) is 17.4. The van der Waals surface area contributed by atoms with E-state index >= 15 is 0 Å². The Labute approximate surface area is 264 Å². The number of esters is 1. The summed E-state index contributed by atoms with van der Waals surface area (Å²) in [5.41, 5.74) is 0. The highest BCUT2D eigenvalue weighted by Gasteiger charge is 2.18. The molecule has 0 N–H and O–H groups in total.